The smallest absolute Gasteiger partial charge is 0.205 e. The molecule has 0 amide bonds. The molecule has 92 valence electrons. The third-order valence-corrected chi connectivity index (χ3v) is 3.67. The molecule has 0 heterocycles. The number of rotatable bonds is 3. The van der Waals surface area contributed by atoms with Crippen LogP contribution in [0.2, 0.25) is 0 Å². The molecular weight excluding hydrogens is 218 g/mol. The summed E-state index contributed by atoms with van der Waals surface area (Å²) in [6.45, 7) is 8.28. The number of hydrogen-bond acceptors (Lipinski definition) is 0. The molecule has 0 aromatic heterocycles. The Morgan fingerprint density at radius 3 is 2.59 bits per heavy atom. The number of allylic oxidation sites excluding steroid dienone is 4. The van der Waals surface area contributed by atoms with Crippen molar-refractivity contribution in [1.82, 2.24) is 0 Å². The summed E-state index contributed by atoms with van der Waals surface area (Å²) in [4.78, 5) is 0. The second-order valence-electron chi connectivity index (χ2n) is 5.66. The van der Waals surface area contributed by atoms with E-state index in [1.54, 1.807) is 0 Å². The molecule has 0 aromatic carbocycles. The maximum absolute atomic E-state index is 12.4. The Balaban J connectivity index is 2.33. The van der Waals surface area contributed by atoms with E-state index in [0.29, 0.717) is 6.42 Å². The van der Waals surface area contributed by atoms with E-state index in [1.807, 2.05) is 6.08 Å². The predicted molar refractivity (Wildman–Crippen MR) is 66.0 cm³/mol. The summed E-state index contributed by atoms with van der Waals surface area (Å²) >= 11 is 0. The molecule has 2 heteroatoms. The lowest BCUT2D eigenvalue weighted by atomic mass is 9.70. The van der Waals surface area contributed by atoms with Gasteiger partial charge in [0.1, 0.15) is 0 Å². The van der Waals surface area contributed by atoms with Gasteiger partial charge in [-0.1, -0.05) is 26.5 Å². The van der Waals surface area contributed by atoms with Crippen molar-refractivity contribution in [2.24, 2.45) is 5.41 Å². The molecule has 0 saturated heterocycles. The number of alkyl halides is 2. The van der Waals surface area contributed by atoms with Crippen LogP contribution in [0, 0.1) is 5.41 Å². The molecule has 0 bridgehead atoms. The molecule has 2 aliphatic rings. The van der Waals surface area contributed by atoms with Crippen LogP contribution in [0.5, 0.6) is 0 Å². The zero-order valence-corrected chi connectivity index (χ0v) is 10.4. The highest BCUT2D eigenvalue weighted by atomic mass is 19.3. The van der Waals surface area contributed by atoms with Crippen molar-refractivity contribution in [1.29, 1.82) is 0 Å². The quantitative estimate of drug-likeness (QED) is 0.617. The van der Waals surface area contributed by atoms with E-state index in [-0.39, 0.29) is 11.0 Å². The molecule has 0 aliphatic heterocycles. The van der Waals surface area contributed by atoms with Gasteiger partial charge in [-0.05, 0) is 35.8 Å². The predicted octanol–water partition coefficient (Wildman–Crippen LogP) is 4.80. The minimum Gasteiger partial charge on any atom is -0.205 e. The molecule has 0 nitrogen and oxygen atoms in total. The first-order valence-corrected chi connectivity index (χ1v) is 6.04. The fraction of sp³-hybridized carbons (Fsp3) is 0.533. The zero-order chi connectivity index (χ0) is 12.6. The van der Waals surface area contributed by atoms with Gasteiger partial charge in [0.25, 0.3) is 6.43 Å². The average Bonchev–Trinajstić information content (AvgIpc) is 2.13. The van der Waals surface area contributed by atoms with Crippen molar-refractivity contribution in [3.8, 4) is 0 Å². The van der Waals surface area contributed by atoms with Gasteiger partial charge >= 0.3 is 0 Å². The number of halogens is 2. The highest BCUT2D eigenvalue weighted by Crippen LogP contribution is 2.44. The molecule has 2 rings (SSSR count). The van der Waals surface area contributed by atoms with Gasteiger partial charge in [0.2, 0.25) is 0 Å². The summed E-state index contributed by atoms with van der Waals surface area (Å²) in [5, 5.41) is 0. The summed E-state index contributed by atoms with van der Waals surface area (Å²) in [5.41, 5.74) is 6.65. The van der Waals surface area contributed by atoms with Crippen molar-refractivity contribution in [2.45, 2.75) is 46.0 Å². The largest absolute Gasteiger partial charge is 0.267 e. The van der Waals surface area contributed by atoms with Gasteiger partial charge in [0, 0.05) is 17.6 Å². The highest BCUT2D eigenvalue weighted by molar-refractivity contribution is 5.48. The van der Waals surface area contributed by atoms with Crippen LogP contribution in [0.4, 0.5) is 8.78 Å². The molecule has 0 saturated carbocycles. The molecule has 0 spiro atoms. The monoisotopic (exact) mass is 236 g/mol. The second kappa shape index (κ2) is 4.27. The minimum absolute atomic E-state index is 0.152. The summed E-state index contributed by atoms with van der Waals surface area (Å²) < 4.78 is 24.8. The third-order valence-electron chi connectivity index (χ3n) is 3.67. The lowest BCUT2D eigenvalue weighted by Crippen LogP contribution is -2.20. The Kier molecular flexibility index (Phi) is 3.09. The van der Waals surface area contributed by atoms with Gasteiger partial charge in [0.05, 0.1) is 0 Å². The summed E-state index contributed by atoms with van der Waals surface area (Å²) in [5.74, 6) is 0. The van der Waals surface area contributed by atoms with Gasteiger partial charge < -0.3 is 0 Å². The van der Waals surface area contributed by atoms with Gasteiger partial charge in [-0.15, -0.1) is 5.73 Å². The van der Waals surface area contributed by atoms with Crippen LogP contribution >= 0.6 is 0 Å². The second-order valence-corrected chi connectivity index (χ2v) is 5.66. The van der Waals surface area contributed by atoms with E-state index in [0.717, 1.165) is 24.8 Å². The van der Waals surface area contributed by atoms with E-state index in [4.69, 9.17) is 0 Å². The first kappa shape index (κ1) is 12.3. The maximum Gasteiger partial charge on any atom is 0.267 e. The molecule has 0 aromatic rings. The Morgan fingerprint density at radius 1 is 1.41 bits per heavy atom. The Labute approximate surface area is 101 Å². The van der Waals surface area contributed by atoms with Crippen molar-refractivity contribution in [2.75, 3.05) is 0 Å². The fourth-order valence-corrected chi connectivity index (χ4v) is 2.51. The molecule has 2 aliphatic carbocycles. The SMILES string of the molecule is C=CC1=C(C2=C=C(C(F)F)C2)CC(C)(C)CC1. The van der Waals surface area contributed by atoms with E-state index in [9.17, 15) is 8.78 Å². The van der Waals surface area contributed by atoms with E-state index in [1.165, 1.54) is 11.1 Å². The van der Waals surface area contributed by atoms with Gasteiger partial charge in [-0.3, -0.25) is 0 Å². The average molecular weight is 236 g/mol. The highest BCUT2D eigenvalue weighted by Gasteiger charge is 2.31. The Bertz CT molecular complexity index is 444. The van der Waals surface area contributed by atoms with Crippen LogP contribution in [0.1, 0.15) is 39.5 Å². The van der Waals surface area contributed by atoms with E-state index >= 15 is 0 Å². The van der Waals surface area contributed by atoms with Crippen LogP contribution in [0.3, 0.4) is 0 Å². The molecule has 0 N–H and O–H groups in total. The summed E-state index contributed by atoms with van der Waals surface area (Å²) in [6, 6.07) is 0. The fourth-order valence-electron chi connectivity index (χ4n) is 2.51. The molecular formula is C15H18F2. The topological polar surface area (TPSA) is 0 Å². The summed E-state index contributed by atoms with van der Waals surface area (Å²) in [6.07, 6.45) is 3.02. The van der Waals surface area contributed by atoms with Crippen LogP contribution in [0.15, 0.2) is 40.7 Å². The van der Waals surface area contributed by atoms with Crippen LogP contribution in [-0.4, -0.2) is 6.43 Å². The first-order valence-electron chi connectivity index (χ1n) is 6.04. The number of hydrogen-bond donors (Lipinski definition) is 0. The normalized spacial score (nSPS) is 23.1. The molecule has 0 fully saturated rings. The van der Waals surface area contributed by atoms with Crippen LogP contribution < -0.4 is 0 Å². The van der Waals surface area contributed by atoms with Crippen molar-refractivity contribution in [3.63, 3.8) is 0 Å². The Morgan fingerprint density at radius 2 is 2.06 bits per heavy atom. The van der Waals surface area contributed by atoms with Gasteiger partial charge in [-0.2, -0.15) is 0 Å². The molecule has 0 unspecified atom stereocenters. The first-order chi connectivity index (χ1) is 7.93. The summed E-state index contributed by atoms with van der Waals surface area (Å²) in [7, 11) is 0. The van der Waals surface area contributed by atoms with Crippen molar-refractivity contribution >= 4 is 0 Å². The lowest BCUT2D eigenvalue weighted by Gasteiger charge is -2.34. The molecule has 0 radical (unpaired) electrons. The van der Waals surface area contributed by atoms with Crippen molar-refractivity contribution < 1.29 is 8.78 Å². The lowest BCUT2D eigenvalue weighted by molar-refractivity contribution is 0.184. The van der Waals surface area contributed by atoms with Crippen molar-refractivity contribution in [3.05, 3.63) is 40.7 Å². The molecule has 0 atom stereocenters. The Hall–Kier alpha value is -1.14. The van der Waals surface area contributed by atoms with Gasteiger partial charge in [0.15, 0.2) is 0 Å². The molecule has 17 heavy (non-hydrogen) atoms. The van der Waals surface area contributed by atoms with E-state index in [2.05, 4.69) is 26.2 Å². The maximum atomic E-state index is 12.4. The zero-order valence-electron chi connectivity index (χ0n) is 10.4. The van der Waals surface area contributed by atoms with Crippen LogP contribution in [-0.2, 0) is 0 Å². The third kappa shape index (κ3) is 2.42. The standard InChI is InChI=1S/C15H18F2/c1-4-10-5-6-15(2,3)9-13(10)11-7-12(8-11)14(16)17/h4,14H,1,5-7,9H2,2-3H3. The van der Waals surface area contributed by atoms with Gasteiger partial charge in [-0.25, -0.2) is 8.78 Å². The van der Waals surface area contributed by atoms with E-state index < -0.39 is 6.43 Å². The van der Waals surface area contributed by atoms with Crippen LogP contribution in [0.25, 0.3) is 0 Å². The minimum atomic E-state index is -2.34.